The van der Waals surface area contributed by atoms with E-state index in [1.165, 1.54) is 10.6 Å². The molecule has 1 saturated heterocycles. The lowest BCUT2D eigenvalue weighted by Gasteiger charge is -2.15. The highest BCUT2D eigenvalue weighted by molar-refractivity contribution is 6.17. The molecule has 0 spiro atoms. The minimum absolute atomic E-state index is 0.0258. The van der Waals surface area contributed by atoms with E-state index in [-0.39, 0.29) is 12.1 Å². The molecule has 1 aliphatic rings. The average Bonchev–Trinajstić information content (AvgIpc) is 2.77. The van der Waals surface area contributed by atoms with Gasteiger partial charge < -0.3 is 4.74 Å². The zero-order valence-electron chi connectivity index (χ0n) is 10.7. The van der Waals surface area contributed by atoms with Gasteiger partial charge in [-0.15, -0.1) is 11.6 Å². The van der Waals surface area contributed by atoms with Gasteiger partial charge in [0.2, 0.25) is 0 Å². The van der Waals surface area contributed by atoms with E-state index in [2.05, 4.69) is 5.10 Å². The molecule has 0 radical (unpaired) electrons. The number of hydrazone groups is 1. The Bertz CT molecular complexity index is 436. The molecular formula is C14H17ClN2O2. The Labute approximate surface area is 118 Å². The third kappa shape index (κ3) is 3.96. The van der Waals surface area contributed by atoms with Crippen molar-refractivity contribution in [2.24, 2.45) is 5.10 Å². The zero-order chi connectivity index (χ0) is 13.5. The molecule has 0 aliphatic carbocycles. The number of hydrogen-bond donors (Lipinski definition) is 0. The maximum absolute atomic E-state index is 11.6. The minimum atomic E-state index is -0.372. The summed E-state index contributed by atoms with van der Waals surface area (Å²) in [5.41, 5.74) is 1.17. The second-order valence-corrected chi connectivity index (χ2v) is 4.77. The molecule has 2 rings (SSSR count). The van der Waals surface area contributed by atoms with Crippen molar-refractivity contribution in [3.8, 4) is 0 Å². The highest BCUT2D eigenvalue weighted by atomic mass is 35.5. The summed E-state index contributed by atoms with van der Waals surface area (Å²) < 4.78 is 5.05. The summed E-state index contributed by atoms with van der Waals surface area (Å²) in [6, 6.07) is 10.0. The van der Waals surface area contributed by atoms with Gasteiger partial charge in [-0.2, -0.15) is 10.1 Å². The number of ether oxygens (including phenoxy) is 1. The lowest BCUT2D eigenvalue weighted by molar-refractivity contribution is 0.159. The highest BCUT2D eigenvalue weighted by Crippen LogP contribution is 2.17. The molecule has 1 unspecified atom stereocenters. The predicted molar refractivity (Wildman–Crippen MR) is 75.6 cm³/mol. The maximum atomic E-state index is 11.6. The van der Waals surface area contributed by atoms with E-state index in [4.69, 9.17) is 16.3 Å². The van der Waals surface area contributed by atoms with Crippen LogP contribution in [-0.2, 0) is 11.2 Å². The van der Waals surface area contributed by atoms with Crippen LogP contribution in [0.3, 0.4) is 0 Å². The smallest absolute Gasteiger partial charge is 0.430 e. The van der Waals surface area contributed by atoms with Gasteiger partial charge >= 0.3 is 6.09 Å². The standard InChI is InChI=1S/C14H17ClN2O2/c15-8-4-5-9-16-17-13(11-19-14(17)18)10-12-6-2-1-3-7-12/h1-3,6-7,9,13H,4-5,8,10-11H2/b16-9+. The summed E-state index contributed by atoms with van der Waals surface area (Å²) >= 11 is 5.59. The first-order chi connectivity index (χ1) is 9.31. The van der Waals surface area contributed by atoms with Gasteiger partial charge in [-0.25, -0.2) is 4.79 Å². The number of halogens is 1. The van der Waals surface area contributed by atoms with Crippen LogP contribution in [0.5, 0.6) is 0 Å². The molecule has 1 fully saturated rings. The highest BCUT2D eigenvalue weighted by Gasteiger charge is 2.32. The van der Waals surface area contributed by atoms with Crippen molar-refractivity contribution < 1.29 is 9.53 Å². The first-order valence-electron chi connectivity index (χ1n) is 6.39. The van der Waals surface area contributed by atoms with Gasteiger partial charge in [-0.05, 0) is 24.8 Å². The fourth-order valence-corrected chi connectivity index (χ4v) is 2.09. The molecule has 0 bridgehead atoms. The van der Waals surface area contributed by atoms with Crippen LogP contribution in [0.1, 0.15) is 18.4 Å². The van der Waals surface area contributed by atoms with Crippen molar-refractivity contribution >= 4 is 23.9 Å². The van der Waals surface area contributed by atoms with Crippen molar-refractivity contribution in [1.82, 2.24) is 5.01 Å². The number of benzene rings is 1. The minimum Gasteiger partial charge on any atom is -0.446 e. The number of alkyl halides is 1. The van der Waals surface area contributed by atoms with Crippen LogP contribution in [0.25, 0.3) is 0 Å². The van der Waals surface area contributed by atoms with Crippen molar-refractivity contribution in [3.63, 3.8) is 0 Å². The molecular weight excluding hydrogens is 264 g/mol. The van der Waals surface area contributed by atoms with E-state index in [0.717, 1.165) is 19.3 Å². The summed E-state index contributed by atoms with van der Waals surface area (Å²) in [5, 5.41) is 5.63. The van der Waals surface area contributed by atoms with Crippen LogP contribution in [0.2, 0.25) is 0 Å². The quantitative estimate of drug-likeness (QED) is 0.457. The van der Waals surface area contributed by atoms with Crippen molar-refractivity contribution in [3.05, 3.63) is 35.9 Å². The summed E-state index contributed by atoms with van der Waals surface area (Å²) in [6.45, 7) is 0.389. The van der Waals surface area contributed by atoms with Gasteiger partial charge in [0.1, 0.15) is 6.61 Å². The van der Waals surface area contributed by atoms with Gasteiger partial charge in [-0.1, -0.05) is 30.3 Å². The van der Waals surface area contributed by atoms with Crippen molar-refractivity contribution in [2.45, 2.75) is 25.3 Å². The zero-order valence-corrected chi connectivity index (χ0v) is 11.4. The molecule has 4 nitrogen and oxygen atoms in total. The second kappa shape index (κ2) is 7.14. The van der Waals surface area contributed by atoms with E-state index < -0.39 is 0 Å². The molecule has 5 heteroatoms. The topological polar surface area (TPSA) is 41.9 Å². The first kappa shape index (κ1) is 13.9. The lowest BCUT2D eigenvalue weighted by atomic mass is 10.1. The van der Waals surface area contributed by atoms with Gasteiger partial charge in [0.25, 0.3) is 0 Å². The Kier molecular flexibility index (Phi) is 5.21. The molecule has 1 heterocycles. The SMILES string of the molecule is O=C1OCC(Cc2ccccc2)N1/N=C/CCCCl. The summed E-state index contributed by atoms with van der Waals surface area (Å²) in [7, 11) is 0. The van der Waals surface area contributed by atoms with Crippen molar-refractivity contribution in [2.75, 3.05) is 12.5 Å². The molecule has 1 aliphatic heterocycles. The van der Waals surface area contributed by atoms with Crippen LogP contribution >= 0.6 is 11.6 Å². The molecule has 1 amide bonds. The number of carbonyl (C=O) groups is 1. The third-order valence-electron chi connectivity index (χ3n) is 2.92. The molecule has 102 valence electrons. The normalized spacial score (nSPS) is 19.1. The Morgan fingerprint density at radius 3 is 2.95 bits per heavy atom. The van der Waals surface area contributed by atoms with Gasteiger partial charge in [0.05, 0.1) is 6.04 Å². The number of nitrogens with zero attached hydrogens (tertiary/aromatic N) is 2. The molecule has 0 saturated carbocycles. The molecule has 0 N–H and O–H groups in total. The summed E-state index contributed by atoms with van der Waals surface area (Å²) in [6.07, 6.45) is 3.73. The van der Waals surface area contributed by atoms with Crippen LogP contribution in [0, 0.1) is 0 Å². The molecule has 1 aromatic carbocycles. The van der Waals surface area contributed by atoms with E-state index in [9.17, 15) is 4.79 Å². The second-order valence-electron chi connectivity index (χ2n) is 4.39. The predicted octanol–water partition coefficient (Wildman–Crippen LogP) is 3.05. The van der Waals surface area contributed by atoms with Gasteiger partial charge in [0, 0.05) is 12.1 Å². The molecule has 1 aromatic rings. The van der Waals surface area contributed by atoms with Crippen LogP contribution in [-0.4, -0.2) is 35.8 Å². The Balaban J connectivity index is 1.95. The fraction of sp³-hybridized carbons (Fsp3) is 0.429. The Morgan fingerprint density at radius 1 is 1.42 bits per heavy atom. The molecule has 19 heavy (non-hydrogen) atoms. The van der Waals surface area contributed by atoms with E-state index in [0.29, 0.717) is 12.5 Å². The number of carbonyl (C=O) groups excluding carboxylic acids is 1. The van der Waals surface area contributed by atoms with Crippen LogP contribution in [0.4, 0.5) is 4.79 Å². The number of rotatable bonds is 6. The number of cyclic esters (lactones) is 1. The van der Waals surface area contributed by atoms with E-state index in [1.807, 2.05) is 30.3 Å². The largest absolute Gasteiger partial charge is 0.446 e. The van der Waals surface area contributed by atoms with Crippen molar-refractivity contribution in [1.29, 1.82) is 0 Å². The van der Waals surface area contributed by atoms with Crippen LogP contribution < -0.4 is 0 Å². The summed E-state index contributed by atoms with van der Waals surface area (Å²) in [4.78, 5) is 11.6. The number of unbranched alkanes of at least 4 members (excludes halogenated alkanes) is 1. The van der Waals surface area contributed by atoms with Crippen LogP contribution in [0.15, 0.2) is 35.4 Å². The Morgan fingerprint density at radius 2 is 2.21 bits per heavy atom. The summed E-state index contributed by atoms with van der Waals surface area (Å²) in [5.74, 6) is 0.601. The molecule has 0 aromatic heterocycles. The van der Waals surface area contributed by atoms with E-state index in [1.54, 1.807) is 6.21 Å². The lowest BCUT2D eigenvalue weighted by Crippen LogP contribution is -2.30. The number of amides is 1. The Hall–Kier alpha value is -1.55. The number of hydrogen-bond acceptors (Lipinski definition) is 3. The van der Waals surface area contributed by atoms with Gasteiger partial charge in [0.15, 0.2) is 0 Å². The maximum Gasteiger partial charge on any atom is 0.430 e. The molecule has 1 atom stereocenters. The monoisotopic (exact) mass is 280 g/mol. The van der Waals surface area contributed by atoms with E-state index >= 15 is 0 Å². The third-order valence-corrected chi connectivity index (χ3v) is 3.19. The first-order valence-corrected chi connectivity index (χ1v) is 6.93. The fourth-order valence-electron chi connectivity index (χ4n) is 1.94. The van der Waals surface area contributed by atoms with Gasteiger partial charge in [-0.3, -0.25) is 0 Å². The average molecular weight is 281 g/mol.